The Hall–Kier alpha value is -3.40. The fourth-order valence-electron chi connectivity index (χ4n) is 5.40. The summed E-state index contributed by atoms with van der Waals surface area (Å²) in [5, 5.41) is 0.464. The maximum atomic E-state index is 14.0. The van der Waals surface area contributed by atoms with E-state index in [0.29, 0.717) is 24.4 Å². The van der Waals surface area contributed by atoms with Crippen LogP contribution in [0.1, 0.15) is 18.4 Å². The summed E-state index contributed by atoms with van der Waals surface area (Å²) in [4.78, 5) is 32.6. The number of carbonyl (C=O) groups excluding carboxylic acids is 2. The summed E-state index contributed by atoms with van der Waals surface area (Å²) < 4.78 is 28.0. The molecule has 0 bridgehead atoms. The van der Waals surface area contributed by atoms with Gasteiger partial charge in [0, 0.05) is 37.4 Å². The van der Waals surface area contributed by atoms with Crippen LogP contribution in [-0.4, -0.2) is 73.2 Å². The number of hydrogen-bond donors (Lipinski definition) is 0. The van der Waals surface area contributed by atoms with Gasteiger partial charge in [-0.25, -0.2) is 8.42 Å². The van der Waals surface area contributed by atoms with Crippen molar-refractivity contribution in [2.75, 3.05) is 38.3 Å². The molecule has 2 fully saturated rings. The molecule has 2 saturated heterocycles. The zero-order chi connectivity index (χ0) is 27.6. The van der Waals surface area contributed by atoms with Crippen LogP contribution in [0.5, 0.6) is 0 Å². The van der Waals surface area contributed by atoms with E-state index in [1.807, 2.05) is 65.6 Å². The van der Waals surface area contributed by atoms with Crippen molar-refractivity contribution in [2.45, 2.75) is 29.8 Å². The predicted octanol–water partition coefficient (Wildman–Crippen LogP) is 3.83. The van der Waals surface area contributed by atoms with Gasteiger partial charge in [0.15, 0.2) is 0 Å². The number of rotatable bonds is 7. The molecule has 2 amide bonds. The molecule has 5 rings (SSSR count). The molecule has 0 unspecified atom stereocenters. The first-order chi connectivity index (χ1) is 18.7. The van der Waals surface area contributed by atoms with Crippen LogP contribution in [0.25, 0.3) is 0 Å². The Morgan fingerprint density at radius 2 is 1.51 bits per heavy atom. The highest BCUT2D eigenvalue weighted by atomic mass is 35.5. The molecule has 3 aromatic rings. The molecule has 0 aliphatic carbocycles. The van der Waals surface area contributed by atoms with Crippen LogP contribution in [0.15, 0.2) is 89.8 Å². The summed E-state index contributed by atoms with van der Waals surface area (Å²) >= 11 is 5.95. The summed E-state index contributed by atoms with van der Waals surface area (Å²) in [6.07, 6.45) is 0.635. The number of nitrogens with zero attached hydrogens (tertiary/aromatic N) is 4. The maximum absolute atomic E-state index is 14.0. The Labute approximate surface area is 234 Å². The van der Waals surface area contributed by atoms with Crippen LogP contribution in [0.2, 0.25) is 5.02 Å². The van der Waals surface area contributed by atoms with Crippen LogP contribution in [-0.2, 0) is 26.2 Å². The van der Waals surface area contributed by atoms with E-state index in [9.17, 15) is 18.0 Å². The van der Waals surface area contributed by atoms with Crippen LogP contribution in [0.4, 0.5) is 5.69 Å². The second kappa shape index (κ2) is 11.0. The number of sulfonamides is 1. The normalized spacial score (nSPS) is 17.5. The van der Waals surface area contributed by atoms with Gasteiger partial charge in [0.05, 0.1) is 11.6 Å². The van der Waals surface area contributed by atoms with Crippen molar-refractivity contribution < 1.29 is 18.0 Å². The maximum Gasteiger partial charge on any atom is 0.250 e. The smallest absolute Gasteiger partial charge is 0.250 e. The Bertz CT molecular complexity index is 1430. The zero-order valence-electron chi connectivity index (χ0n) is 21.7. The van der Waals surface area contributed by atoms with Gasteiger partial charge in [-0.15, -0.1) is 0 Å². The molecule has 2 heterocycles. The number of likely N-dealkylation sites (N-methyl/N-ethyl adjacent to an activating group) is 1. The molecule has 0 aromatic heterocycles. The van der Waals surface area contributed by atoms with Gasteiger partial charge in [-0.1, -0.05) is 60.1 Å². The molecule has 2 aliphatic rings. The number of halogens is 1. The molecule has 2 aliphatic heterocycles. The SMILES string of the molecule is CN(Cc1ccccc1)C(=O)CN1CN(c2ccccc2)C2(CCN(S(=O)(=O)c3ccc(Cl)cc3)CC2)C1=O. The summed E-state index contributed by atoms with van der Waals surface area (Å²) in [6, 6.07) is 25.4. The third kappa shape index (κ3) is 5.39. The van der Waals surface area contributed by atoms with E-state index in [0.717, 1.165) is 11.3 Å². The summed E-state index contributed by atoms with van der Waals surface area (Å²) in [6.45, 7) is 1.05. The lowest BCUT2D eigenvalue weighted by molar-refractivity contribution is -0.140. The lowest BCUT2D eigenvalue weighted by Gasteiger charge is -2.42. The van der Waals surface area contributed by atoms with Crippen molar-refractivity contribution in [3.8, 4) is 0 Å². The van der Waals surface area contributed by atoms with Crippen LogP contribution in [0.3, 0.4) is 0 Å². The van der Waals surface area contributed by atoms with E-state index in [2.05, 4.69) is 0 Å². The monoisotopic (exact) mass is 566 g/mol. The first kappa shape index (κ1) is 27.2. The predicted molar refractivity (Wildman–Crippen MR) is 151 cm³/mol. The lowest BCUT2D eigenvalue weighted by atomic mass is 9.86. The summed E-state index contributed by atoms with van der Waals surface area (Å²) in [5.41, 5.74) is 0.955. The lowest BCUT2D eigenvalue weighted by Crippen LogP contribution is -2.57. The number of benzene rings is 3. The molecular weight excluding hydrogens is 536 g/mol. The van der Waals surface area contributed by atoms with Gasteiger partial charge in [0.25, 0.3) is 0 Å². The van der Waals surface area contributed by atoms with Gasteiger partial charge in [-0.3, -0.25) is 9.59 Å². The van der Waals surface area contributed by atoms with Gasteiger partial charge >= 0.3 is 0 Å². The van der Waals surface area contributed by atoms with Gasteiger partial charge in [-0.05, 0) is 54.8 Å². The minimum Gasteiger partial charge on any atom is -0.340 e. The van der Waals surface area contributed by atoms with Crippen molar-refractivity contribution >= 4 is 39.1 Å². The van der Waals surface area contributed by atoms with E-state index in [4.69, 9.17) is 11.6 Å². The Morgan fingerprint density at radius 3 is 2.13 bits per heavy atom. The molecule has 1 spiro atoms. The summed E-state index contributed by atoms with van der Waals surface area (Å²) in [5.74, 6) is -0.295. The summed E-state index contributed by atoms with van der Waals surface area (Å²) in [7, 11) is -1.99. The highest BCUT2D eigenvalue weighted by Gasteiger charge is 2.55. The molecule has 204 valence electrons. The van der Waals surface area contributed by atoms with Crippen molar-refractivity contribution in [3.05, 3.63) is 95.5 Å². The second-order valence-corrected chi connectivity index (χ2v) is 12.4. The molecular formula is C29H31ClN4O4S. The minimum absolute atomic E-state index is 0.0416. The molecule has 0 N–H and O–H groups in total. The fourth-order valence-corrected chi connectivity index (χ4v) is 6.97. The average molecular weight is 567 g/mol. The van der Waals surface area contributed by atoms with Crippen molar-refractivity contribution in [2.24, 2.45) is 0 Å². The molecule has 0 radical (unpaired) electrons. The van der Waals surface area contributed by atoms with Crippen molar-refractivity contribution in [3.63, 3.8) is 0 Å². The van der Waals surface area contributed by atoms with E-state index in [1.54, 1.807) is 29.0 Å². The fraction of sp³-hybridized carbons (Fsp3) is 0.310. The third-order valence-corrected chi connectivity index (χ3v) is 9.76. The van der Waals surface area contributed by atoms with E-state index in [1.165, 1.54) is 16.4 Å². The number of piperidine rings is 1. The number of amides is 2. The Morgan fingerprint density at radius 1 is 0.923 bits per heavy atom. The van der Waals surface area contributed by atoms with Crippen LogP contribution in [0, 0.1) is 0 Å². The largest absolute Gasteiger partial charge is 0.340 e. The standard InChI is InChI=1S/C29H31ClN4O4S/c1-31(20-23-8-4-2-5-9-23)27(35)21-32-22-34(25-10-6-3-7-11-25)29(28(32)36)16-18-33(19-17-29)39(37,38)26-14-12-24(30)13-15-26/h2-15H,16-22H2,1H3. The number of para-hydroxylation sites is 1. The number of carbonyl (C=O) groups is 2. The van der Waals surface area contributed by atoms with Gasteiger partial charge in [0.1, 0.15) is 12.1 Å². The number of hydrogen-bond acceptors (Lipinski definition) is 5. The van der Waals surface area contributed by atoms with Gasteiger partial charge in [0.2, 0.25) is 21.8 Å². The first-order valence-corrected chi connectivity index (χ1v) is 14.7. The van der Waals surface area contributed by atoms with Crippen molar-refractivity contribution in [1.29, 1.82) is 0 Å². The van der Waals surface area contributed by atoms with Crippen LogP contribution < -0.4 is 4.90 Å². The molecule has 8 nitrogen and oxygen atoms in total. The number of anilines is 1. The zero-order valence-corrected chi connectivity index (χ0v) is 23.3. The quantitative estimate of drug-likeness (QED) is 0.434. The van der Waals surface area contributed by atoms with E-state index >= 15 is 0 Å². The molecule has 0 saturated carbocycles. The highest BCUT2D eigenvalue weighted by Crippen LogP contribution is 2.40. The Kier molecular flexibility index (Phi) is 7.66. The third-order valence-electron chi connectivity index (χ3n) is 7.60. The van der Waals surface area contributed by atoms with Gasteiger partial charge < -0.3 is 14.7 Å². The molecule has 10 heteroatoms. The minimum atomic E-state index is -3.73. The highest BCUT2D eigenvalue weighted by molar-refractivity contribution is 7.89. The van der Waals surface area contributed by atoms with Crippen molar-refractivity contribution in [1.82, 2.24) is 14.1 Å². The van der Waals surface area contributed by atoms with Gasteiger partial charge in [-0.2, -0.15) is 4.31 Å². The molecule has 0 atom stereocenters. The Balaban J connectivity index is 1.35. The molecule has 3 aromatic carbocycles. The van der Waals surface area contributed by atoms with E-state index < -0.39 is 15.6 Å². The average Bonchev–Trinajstić information content (AvgIpc) is 3.20. The second-order valence-electron chi connectivity index (χ2n) is 10.0. The first-order valence-electron chi connectivity index (χ1n) is 12.9. The molecule has 39 heavy (non-hydrogen) atoms. The van der Waals surface area contributed by atoms with E-state index in [-0.39, 0.29) is 43.0 Å². The van der Waals surface area contributed by atoms with Crippen LogP contribution >= 0.6 is 11.6 Å². The topological polar surface area (TPSA) is 81.2 Å².